The van der Waals surface area contributed by atoms with Gasteiger partial charge in [-0.2, -0.15) is 9.78 Å². The van der Waals surface area contributed by atoms with Crippen molar-refractivity contribution in [3.05, 3.63) is 53.5 Å². The average molecular weight is 324 g/mol. The molecule has 0 saturated heterocycles. The summed E-state index contributed by atoms with van der Waals surface area (Å²) in [5, 5.41) is 15.5. The summed E-state index contributed by atoms with van der Waals surface area (Å²) >= 11 is 1.53. The van der Waals surface area contributed by atoms with E-state index in [1.165, 1.54) is 11.3 Å². The highest BCUT2D eigenvalue weighted by molar-refractivity contribution is 7.13. The first-order valence-corrected chi connectivity index (χ1v) is 7.82. The van der Waals surface area contributed by atoms with Gasteiger partial charge in [0.25, 0.3) is 0 Å². The molecule has 0 unspecified atom stereocenters. The smallest absolute Gasteiger partial charge is 0.356 e. The molecule has 0 aliphatic carbocycles. The van der Waals surface area contributed by atoms with Crippen molar-refractivity contribution in [1.29, 1.82) is 0 Å². The molecule has 3 heterocycles. The minimum absolute atomic E-state index is 0.000422. The van der Waals surface area contributed by atoms with Crippen molar-refractivity contribution >= 4 is 28.3 Å². The summed E-state index contributed by atoms with van der Waals surface area (Å²) < 4.78 is 3.50. The molecule has 0 saturated carbocycles. The van der Waals surface area contributed by atoms with Gasteiger partial charge in [-0.25, -0.2) is 9.78 Å². The van der Waals surface area contributed by atoms with Crippen LogP contribution >= 0.6 is 11.3 Å². The lowest BCUT2D eigenvalue weighted by molar-refractivity contribution is 0.0690. The van der Waals surface area contributed by atoms with Crippen LogP contribution in [0.3, 0.4) is 0 Å². The molecule has 0 spiro atoms. The first-order chi connectivity index (χ1) is 11.1. The van der Waals surface area contributed by atoms with Crippen molar-refractivity contribution in [2.24, 2.45) is 7.05 Å². The zero-order valence-electron chi connectivity index (χ0n) is 12.2. The van der Waals surface area contributed by atoms with Crippen molar-refractivity contribution in [2.45, 2.75) is 0 Å². The third kappa shape index (κ3) is 2.13. The van der Waals surface area contributed by atoms with Crippen LogP contribution in [0.2, 0.25) is 0 Å². The summed E-state index contributed by atoms with van der Waals surface area (Å²) in [7, 11) is 1.89. The van der Waals surface area contributed by atoms with E-state index in [2.05, 4.69) is 10.1 Å². The molecule has 0 aliphatic rings. The molecule has 1 N–H and O–H groups in total. The Balaban J connectivity index is 2.00. The molecular weight excluding hydrogens is 312 g/mol. The van der Waals surface area contributed by atoms with Gasteiger partial charge in [0.1, 0.15) is 0 Å². The van der Waals surface area contributed by atoms with Crippen molar-refractivity contribution in [3.63, 3.8) is 0 Å². The minimum Gasteiger partial charge on any atom is -0.476 e. The second kappa shape index (κ2) is 5.06. The second-order valence-electron chi connectivity index (χ2n) is 5.07. The SMILES string of the molecule is Cn1c(-n2nc(C(=O)O)cc2-c2cccs2)nc2ccccc21. The number of hydrogen-bond donors (Lipinski definition) is 1. The molecule has 114 valence electrons. The van der Waals surface area contributed by atoms with Crippen molar-refractivity contribution in [1.82, 2.24) is 19.3 Å². The number of aromatic nitrogens is 4. The Bertz CT molecular complexity index is 1010. The molecule has 3 aromatic heterocycles. The minimum atomic E-state index is -1.06. The Morgan fingerprint density at radius 1 is 1.22 bits per heavy atom. The van der Waals surface area contributed by atoms with Gasteiger partial charge in [0.15, 0.2) is 5.69 Å². The number of carboxylic acids is 1. The van der Waals surface area contributed by atoms with E-state index in [0.29, 0.717) is 5.95 Å². The maximum atomic E-state index is 11.3. The zero-order valence-corrected chi connectivity index (χ0v) is 13.0. The van der Waals surface area contributed by atoms with Crippen LogP contribution in [0, 0.1) is 0 Å². The molecule has 6 nitrogen and oxygen atoms in total. The molecule has 0 bridgehead atoms. The molecule has 0 fully saturated rings. The normalized spacial score (nSPS) is 11.2. The van der Waals surface area contributed by atoms with Gasteiger partial charge in [-0.1, -0.05) is 18.2 Å². The average Bonchev–Trinajstić information content (AvgIpc) is 3.25. The zero-order chi connectivity index (χ0) is 16.0. The number of carboxylic acid groups (broad SMARTS) is 1. The number of hydrogen-bond acceptors (Lipinski definition) is 4. The lowest BCUT2D eigenvalue weighted by Crippen LogP contribution is -2.07. The van der Waals surface area contributed by atoms with E-state index in [1.54, 1.807) is 10.7 Å². The van der Waals surface area contributed by atoms with Gasteiger partial charge in [0.05, 0.1) is 21.6 Å². The maximum absolute atomic E-state index is 11.3. The molecule has 23 heavy (non-hydrogen) atoms. The van der Waals surface area contributed by atoms with Crippen LogP contribution < -0.4 is 0 Å². The topological polar surface area (TPSA) is 72.9 Å². The number of aryl methyl sites for hydroxylation is 1. The number of fused-ring (bicyclic) bond motifs is 1. The summed E-state index contributed by atoms with van der Waals surface area (Å²) in [5.74, 6) is -0.470. The molecule has 0 radical (unpaired) electrons. The van der Waals surface area contributed by atoms with Gasteiger partial charge in [-0.15, -0.1) is 11.3 Å². The van der Waals surface area contributed by atoms with Crippen molar-refractivity contribution in [2.75, 3.05) is 0 Å². The molecule has 0 atom stereocenters. The highest BCUT2D eigenvalue weighted by Crippen LogP contribution is 2.28. The number of thiophene rings is 1. The van der Waals surface area contributed by atoms with E-state index < -0.39 is 5.97 Å². The van der Waals surface area contributed by atoms with Crippen LogP contribution in [-0.4, -0.2) is 30.4 Å². The van der Waals surface area contributed by atoms with E-state index in [9.17, 15) is 9.90 Å². The molecular formula is C16H12N4O2S. The van der Waals surface area contributed by atoms with Gasteiger partial charge in [-0.3, -0.25) is 0 Å². The number of para-hydroxylation sites is 2. The van der Waals surface area contributed by atoms with Gasteiger partial charge < -0.3 is 9.67 Å². The fourth-order valence-electron chi connectivity index (χ4n) is 2.56. The lowest BCUT2D eigenvalue weighted by Gasteiger charge is -2.05. The van der Waals surface area contributed by atoms with E-state index in [1.807, 2.05) is 53.4 Å². The van der Waals surface area contributed by atoms with Crippen LogP contribution in [0.5, 0.6) is 0 Å². The third-order valence-electron chi connectivity index (χ3n) is 3.66. The number of nitrogens with zero attached hydrogens (tertiary/aromatic N) is 4. The molecule has 0 amide bonds. The number of rotatable bonds is 3. The predicted molar refractivity (Wildman–Crippen MR) is 88.1 cm³/mol. The summed E-state index contributed by atoms with van der Waals surface area (Å²) in [6.45, 7) is 0. The number of aromatic carboxylic acids is 1. The lowest BCUT2D eigenvalue weighted by atomic mass is 10.3. The van der Waals surface area contributed by atoms with Gasteiger partial charge in [0.2, 0.25) is 5.95 Å². The Hall–Kier alpha value is -2.93. The van der Waals surface area contributed by atoms with Crippen LogP contribution in [-0.2, 0) is 7.05 Å². The highest BCUT2D eigenvalue weighted by atomic mass is 32.1. The van der Waals surface area contributed by atoms with E-state index in [-0.39, 0.29) is 5.69 Å². The summed E-state index contributed by atoms with van der Waals surface area (Å²) in [6.07, 6.45) is 0. The Morgan fingerprint density at radius 2 is 2.04 bits per heavy atom. The second-order valence-corrected chi connectivity index (χ2v) is 6.02. The molecule has 7 heteroatoms. The Morgan fingerprint density at radius 3 is 2.74 bits per heavy atom. The van der Waals surface area contributed by atoms with Crippen LogP contribution in [0.25, 0.3) is 27.6 Å². The van der Waals surface area contributed by atoms with Crippen molar-refractivity contribution in [3.8, 4) is 16.5 Å². The first kappa shape index (κ1) is 13.7. The van der Waals surface area contributed by atoms with Crippen LogP contribution in [0.15, 0.2) is 47.8 Å². The number of benzene rings is 1. The first-order valence-electron chi connectivity index (χ1n) is 6.94. The largest absolute Gasteiger partial charge is 0.476 e. The fraction of sp³-hybridized carbons (Fsp3) is 0.0625. The van der Waals surface area contributed by atoms with Gasteiger partial charge in [0, 0.05) is 13.1 Å². The van der Waals surface area contributed by atoms with E-state index >= 15 is 0 Å². The quantitative estimate of drug-likeness (QED) is 0.628. The van der Waals surface area contributed by atoms with Crippen LogP contribution in [0.4, 0.5) is 0 Å². The van der Waals surface area contributed by atoms with Gasteiger partial charge in [-0.05, 0) is 23.6 Å². The standard InChI is InChI=1S/C16H12N4O2S/c1-19-12-6-3-2-5-10(12)17-16(19)20-13(14-7-4-8-23-14)9-11(18-20)15(21)22/h2-9H,1H3,(H,21,22). The highest BCUT2D eigenvalue weighted by Gasteiger charge is 2.20. The maximum Gasteiger partial charge on any atom is 0.356 e. The molecule has 1 aromatic carbocycles. The molecule has 4 aromatic rings. The summed E-state index contributed by atoms with van der Waals surface area (Å²) in [4.78, 5) is 16.9. The Labute approximate surface area is 135 Å². The molecule has 0 aliphatic heterocycles. The number of carbonyl (C=O) groups is 1. The molecule has 4 rings (SSSR count). The van der Waals surface area contributed by atoms with Crippen LogP contribution in [0.1, 0.15) is 10.5 Å². The predicted octanol–water partition coefficient (Wildman–Crippen LogP) is 3.19. The monoisotopic (exact) mass is 324 g/mol. The van der Waals surface area contributed by atoms with E-state index in [4.69, 9.17) is 0 Å². The fourth-order valence-corrected chi connectivity index (χ4v) is 3.29. The van der Waals surface area contributed by atoms with Gasteiger partial charge >= 0.3 is 5.97 Å². The number of imidazole rings is 1. The Kier molecular flexibility index (Phi) is 3.02. The van der Waals surface area contributed by atoms with E-state index in [0.717, 1.165) is 21.6 Å². The summed E-state index contributed by atoms with van der Waals surface area (Å²) in [5.41, 5.74) is 2.53. The third-order valence-corrected chi connectivity index (χ3v) is 4.55. The summed E-state index contributed by atoms with van der Waals surface area (Å²) in [6, 6.07) is 13.2. The van der Waals surface area contributed by atoms with Crippen molar-refractivity contribution < 1.29 is 9.90 Å².